The molecule has 3 rings (SSSR count). The Morgan fingerprint density at radius 2 is 1.80 bits per heavy atom. The van der Waals surface area contributed by atoms with Gasteiger partial charge in [-0.25, -0.2) is 4.98 Å². The molecule has 1 aromatic heterocycles. The summed E-state index contributed by atoms with van der Waals surface area (Å²) in [5, 5.41) is 20.0. The summed E-state index contributed by atoms with van der Waals surface area (Å²) in [6, 6.07) is 11.1. The number of aromatic nitrogens is 1. The van der Waals surface area contributed by atoms with Crippen molar-refractivity contribution in [2.45, 2.75) is 13.8 Å². The Balaban J connectivity index is 1.75. The molecule has 1 aromatic carbocycles. The van der Waals surface area contributed by atoms with Crippen LogP contribution in [0.25, 0.3) is 0 Å². The Morgan fingerprint density at radius 1 is 1.12 bits per heavy atom. The quantitative estimate of drug-likeness (QED) is 0.632. The highest BCUT2D eigenvalue weighted by Gasteiger charge is 2.22. The van der Waals surface area contributed by atoms with Crippen molar-refractivity contribution in [3.05, 3.63) is 57.3 Å². The molecule has 7 heteroatoms. The van der Waals surface area contributed by atoms with Crippen molar-refractivity contribution in [1.82, 2.24) is 4.98 Å². The highest BCUT2D eigenvalue weighted by molar-refractivity contribution is 5.58. The minimum absolute atomic E-state index is 0.139. The summed E-state index contributed by atoms with van der Waals surface area (Å²) in [5.41, 5.74) is 3.42. The van der Waals surface area contributed by atoms with Gasteiger partial charge in [0.05, 0.1) is 4.92 Å². The van der Waals surface area contributed by atoms with E-state index in [1.54, 1.807) is 6.07 Å². The molecule has 2 heterocycles. The van der Waals surface area contributed by atoms with Gasteiger partial charge >= 0.3 is 5.69 Å². The Kier molecular flexibility index (Phi) is 4.52. The third kappa shape index (κ3) is 3.24. The van der Waals surface area contributed by atoms with Crippen LogP contribution in [-0.4, -0.2) is 36.1 Å². The van der Waals surface area contributed by atoms with Gasteiger partial charge in [0.25, 0.3) is 0 Å². The first-order valence-electron chi connectivity index (χ1n) is 8.13. The molecular weight excluding hydrogens is 318 g/mol. The molecule has 2 aromatic rings. The molecule has 25 heavy (non-hydrogen) atoms. The third-order valence-corrected chi connectivity index (χ3v) is 4.68. The van der Waals surface area contributed by atoms with Crippen molar-refractivity contribution in [1.29, 1.82) is 5.26 Å². The van der Waals surface area contributed by atoms with Gasteiger partial charge in [0.2, 0.25) is 5.69 Å². The molecule has 0 saturated carbocycles. The van der Waals surface area contributed by atoms with Crippen molar-refractivity contribution in [2.24, 2.45) is 0 Å². The minimum atomic E-state index is -0.576. The summed E-state index contributed by atoms with van der Waals surface area (Å²) in [6.45, 7) is 7.43. The minimum Gasteiger partial charge on any atom is -0.368 e. The lowest BCUT2D eigenvalue weighted by Gasteiger charge is -2.37. The highest BCUT2D eigenvalue weighted by atomic mass is 16.6. The van der Waals surface area contributed by atoms with Gasteiger partial charge in [0, 0.05) is 37.9 Å². The lowest BCUT2D eigenvalue weighted by Crippen LogP contribution is -2.47. The first kappa shape index (κ1) is 16.7. The molecule has 0 spiro atoms. The molecule has 128 valence electrons. The van der Waals surface area contributed by atoms with E-state index in [-0.39, 0.29) is 11.4 Å². The average Bonchev–Trinajstić information content (AvgIpc) is 2.63. The van der Waals surface area contributed by atoms with Gasteiger partial charge in [-0.2, -0.15) is 5.26 Å². The zero-order valence-electron chi connectivity index (χ0n) is 14.3. The van der Waals surface area contributed by atoms with Crippen LogP contribution in [0.5, 0.6) is 0 Å². The molecule has 1 saturated heterocycles. The van der Waals surface area contributed by atoms with E-state index < -0.39 is 4.92 Å². The number of nitriles is 1. The smallest absolute Gasteiger partial charge is 0.305 e. The number of nitrogens with zero attached hydrogens (tertiary/aromatic N) is 5. The van der Waals surface area contributed by atoms with Crippen LogP contribution < -0.4 is 9.80 Å². The molecule has 0 aliphatic carbocycles. The zero-order valence-corrected chi connectivity index (χ0v) is 14.3. The van der Waals surface area contributed by atoms with Crippen LogP contribution in [0, 0.1) is 35.3 Å². The normalized spacial score (nSPS) is 14.3. The average molecular weight is 337 g/mol. The number of pyridine rings is 1. The van der Waals surface area contributed by atoms with Gasteiger partial charge < -0.3 is 9.80 Å². The second-order valence-electron chi connectivity index (χ2n) is 6.10. The van der Waals surface area contributed by atoms with E-state index in [2.05, 4.69) is 46.8 Å². The largest absolute Gasteiger partial charge is 0.368 e. The van der Waals surface area contributed by atoms with Crippen LogP contribution in [0.15, 0.2) is 30.3 Å². The molecular formula is C18H19N5O2. The van der Waals surface area contributed by atoms with Crippen molar-refractivity contribution in [2.75, 3.05) is 36.0 Å². The molecule has 0 unspecified atom stereocenters. The highest BCUT2D eigenvalue weighted by Crippen LogP contribution is 2.26. The Morgan fingerprint density at radius 3 is 2.44 bits per heavy atom. The molecule has 0 N–H and O–H groups in total. The van der Waals surface area contributed by atoms with Crippen LogP contribution in [0.4, 0.5) is 17.2 Å². The van der Waals surface area contributed by atoms with E-state index in [0.29, 0.717) is 5.82 Å². The topological polar surface area (TPSA) is 86.3 Å². The number of rotatable bonds is 3. The van der Waals surface area contributed by atoms with Crippen molar-refractivity contribution >= 4 is 17.2 Å². The number of piperazine rings is 1. The predicted molar refractivity (Wildman–Crippen MR) is 95.9 cm³/mol. The van der Waals surface area contributed by atoms with E-state index in [4.69, 9.17) is 5.26 Å². The maximum absolute atomic E-state index is 10.9. The first-order chi connectivity index (χ1) is 12.0. The Hall–Kier alpha value is -3.14. The molecule has 0 radical (unpaired) electrons. The number of benzene rings is 1. The van der Waals surface area contributed by atoms with Gasteiger partial charge in [-0.3, -0.25) is 10.1 Å². The maximum Gasteiger partial charge on any atom is 0.305 e. The number of anilines is 2. The summed E-state index contributed by atoms with van der Waals surface area (Å²) in [4.78, 5) is 18.9. The van der Waals surface area contributed by atoms with E-state index in [9.17, 15) is 10.1 Å². The first-order valence-corrected chi connectivity index (χ1v) is 8.13. The summed E-state index contributed by atoms with van der Waals surface area (Å²) in [6.07, 6.45) is 0. The molecule has 1 fully saturated rings. The van der Waals surface area contributed by atoms with Gasteiger partial charge in [-0.1, -0.05) is 12.1 Å². The lowest BCUT2D eigenvalue weighted by molar-refractivity contribution is -0.385. The summed E-state index contributed by atoms with van der Waals surface area (Å²) < 4.78 is 0. The van der Waals surface area contributed by atoms with Gasteiger partial charge in [0.1, 0.15) is 11.9 Å². The standard InChI is InChI=1S/C18H19N5O2/c1-13-4-3-5-16(14(13)2)21-8-10-22(11-9-21)18-7-6-17(23(24)25)15(12-19)20-18/h3-7H,8-11H2,1-2H3. The number of nitro groups is 1. The summed E-state index contributed by atoms with van der Waals surface area (Å²) in [7, 11) is 0. The molecule has 1 aliphatic rings. The van der Waals surface area contributed by atoms with Crippen molar-refractivity contribution in [3.63, 3.8) is 0 Å². The second kappa shape index (κ2) is 6.77. The van der Waals surface area contributed by atoms with Crippen LogP contribution in [0.3, 0.4) is 0 Å². The fraction of sp³-hybridized carbons (Fsp3) is 0.333. The van der Waals surface area contributed by atoms with E-state index >= 15 is 0 Å². The summed E-state index contributed by atoms with van der Waals surface area (Å²) in [5.74, 6) is 0.614. The van der Waals surface area contributed by atoms with Gasteiger partial charge in [-0.05, 0) is 37.1 Å². The number of hydrogen-bond donors (Lipinski definition) is 0. The lowest BCUT2D eigenvalue weighted by atomic mass is 10.1. The van der Waals surface area contributed by atoms with Crippen LogP contribution in [-0.2, 0) is 0 Å². The zero-order chi connectivity index (χ0) is 18.0. The monoisotopic (exact) mass is 337 g/mol. The van der Waals surface area contributed by atoms with Gasteiger partial charge in [0.15, 0.2) is 0 Å². The maximum atomic E-state index is 10.9. The fourth-order valence-electron chi connectivity index (χ4n) is 3.10. The van der Waals surface area contributed by atoms with Crippen LogP contribution in [0.2, 0.25) is 0 Å². The van der Waals surface area contributed by atoms with E-state index in [1.807, 2.05) is 6.07 Å². The fourth-order valence-corrected chi connectivity index (χ4v) is 3.10. The SMILES string of the molecule is Cc1cccc(N2CCN(c3ccc([N+](=O)[O-])c(C#N)n3)CC2)c1C. The number of aryl methyl sites for hydroxylation is 1. The van der Waals surface area contributed by atoms with Crippen LogP contribution >= 0.6 is 0 Å². The number of hydrogen-bond acceptors (Lipinski definition) is 6. The molecule has 0 atom stereocenters. The summed E-state index contributed by atoms with van der Waals surface area (Å²) >= 11 is 0. The second-order valence-corrected chi connectivity index (χ2v) is 6.10. The molecule has 7 nitrogen and oxygen atoms in total. The third-order valence-electron chi connectivity index (χ3n) is 4.68. The molecule has 0 amide bonds. The van der Waals surface area contributed by atoms with Gasteiger partial charge in [-0.15, -0.1) is 0 Å². The van der Waals surface area contributed by atoms with Crippen molar-refractivity contribution in [3.8, 4) is 6.07 Å². The molecule has 0 bridgehead atoms. The van der Waals surface area contributed by atoms with Crippen LogP contribution in [0.1, 0.15) is 16.8 Å². The predicted octanol–water partition coefficient (Wildman–Crippen LogP) is 2.80. The molecule has 1 aliphatic heterocycles. The van der Waals surface area contributed by atoms with Crippen molar-refractivity contribution < 1.29 is 4.92 Å². The Bertz CT molecular complexity index is 851. The Labute approximate surface area is 146 Å². The van der Waals surface area contributed by atoms with E-state index in [0.717, 1.165) is 26.2 Å². The van der Waals surface area contributed by atoms with E-state index in [1.165, 1.54) is 22.9 Å².